The SMILES string of the molecule is CC(C)(C)NC(=O)C1CCC2CCCCC2N1CC1CC(c2ccc(CO)cc2)OC(c2ccc(NC(=O)C3CCCN3C(=O)C(F)(F)F)cc2)O1. The first-order chi connectivity index (χ1) is 24.7. The van der Waals surface area contributed by atoms with Crippen LogP contribution in [0, 0.1) is 5.92 Å². The second-order valence-corrected chi connectivity index (χ2v) is 15.8. The number of ether oxygens (including phenoxy) is 2. The second-order valence-electron chi connectivity index (χ2n) is 15.8. The summed E-state index contributed by atoms with van der Waals surface area (Å²) < 4.78 is 52.6. The smallest absolute Gasteiger partial charge is 0.392 e. The Kier molecular flexibility index (Phi) is 11.6. The van der Waals surface area contributed by atoms with E-state index in [1.54, 1.807) is 24.3 Å². The number of benzene rings is 2. The second kappa shape index (κ2) is 15.8. The number of carbonyl (C=O) groups is 3. The lowest BCUT2D eigenvalue weighted by molar-refractivity contribution is -0.255. The fraction of sp³-hybridized carbons (Fsp3) is 0.615. The van der Waals surface area contributed by atoms with E-state index in [0.29, 0.717) is 41.5 Å². The van der Waals surface area contributed by atoms with Crippen LogP contribution in [0.15, 0.2) is 48.5 Å². The molecule has 2 aromatic carbocycles. The average molecular weight is 729 g/mol. The van der Waals surface area contributed by atoms with Crippen LogP contribution in [0.1, 0.15) is 108 Å². The van der Waals surface area contributed by atoms with Crippen molar-refractivity contribution in [3.63, 3.8) is 0 Å². The molecule has 3 amide bonds. The van der Waals surface area contributed by atoms with Gasteiger partial charge in [0.05, 0.1) is 24.9 Å². The highest BCUT2D eigenvalue weighted by Gasteiger charge is 2.48. The lowest BCUT2D eigenvalue weighted by Gasteiger charge is -2.50. The highest BCUT2D eigenvalue weighted by atomic mass is 19.4. The fourth-order valence-electron chi connectivity index (χ4n) is 8.39. The summed E-state index contributed by atoms with van der Waals surface area (Å²) in [7, 11) is 0. The number of fused-ring (bicyclic) bond motifs is 1. The molecule has 13 heteroatoms. The highest BCUT2D eigenvalue weighted by Crippen LogP contribution is 2.42. The topological polar surface area (TPSA) is 120 Å². The zero-order valence-electron chi connectivity index (χ0n) is 30.2. The molecule has 0 bridgehead atoms. The lowest BCUT2D eigenvalue weighted by Crippen LogP contribution is -2.61. The molecule has 2 aromatic rings. The van der Waals surface area contributed by atoms with E-state index in [2.05, 4.69) is 15.5 Å². The Morgan fingerprint density at radius 3 is 2.19 bits per heavy atom. The molecule has 1 saturated carbocycles. The van der Waals surface area contributed by atoms with Gasteiger partial charge in [0.2, 0.25) is 11.8 Å². The maximum absolute atomic E-state index is 13.7. The van der Waals surface area contributed by atoms with Gasteiger partial charge >= 0.3 is 12.1 Å². The van der Waals surface area contributed by atoms with Gasteiger partial charge in [-0.05, 0) is 88.5 Å². The Morgan fingerprint density at radius 1 is 0.827 bits per heavy atom. The molecule has 7 atom stereocenters. The summed E-state index contributed by atoms with van der Waals surface area (Å²) >= 11 is 0. The predicted molar refractivity (Wildman–Crippen MR) is 188 cm³/mol. The number of amides is 3. The summed E-state index contributed by atoms with van der Waals surface area (Å²) in [6.45, 7) is 6.34. The van der Waals surface area contributed by atoms with Crippen molar-refractivity contribution in [3.8, 4) is 0 Å². The first kappa shape index (κ1) is 38.2. The van der Waals surface area contributed by atoms with E-state index in [0.717, 1.165) is 43.2 Å². The first-order valence-electron chi connectivity index (χ1n) is 18.6. The zero-order valence-corrected chi connectivity index (χ0v) is 30.2. The number of aliphatic hydroxyl groups is 1. The van der Waals surface area contributed by atoms with Crippen LogP contribution in [0.3, 0.4) is 0 Å². The summed E-state index contributed by atoms with van der Waals surface area (Å²) in [6, 6.07) is 13.2. The van der Waals surface area contributed by atoms with Crippen LogP contribution in [0.2, 0.25) is 0 Å². The largest absolute Gasteiger partial charge is 0.471 e. The van der Waals surface area contributed by atoms with Crippen molar-refractivity contribution in [1.82, 2.24) is 15.1 Å². The maximum atomic E-state index is 13.7. The standard InChI is InChI=1S/C39H51F3N4O6/c1-38(2,3)44-35(49)32-19-16-25-7-4-5-8-30(25)46(32)22-29-21-33(26-12-10-24(23-47)11-13-26)52-36(51-29)27-14-17-28(18-15-27)43-34(48)31-9-6-20-45(31)37(50)39(40,41)42/h10-15,17-18,25,29-33,36,47H,4-9,16,19-23H2,1-3H3,(H,43,48)(H,44,49). The van der Waals surface area contributed by atoms with Gasteiger partial charge in [-0.15, -0.1) is 0 Å². The number of halogens is 3. The molecule has 10 nitrogen and oxygen atoms in total. The molecule has 1 aliphatic carbocycles. The van der Waals surface area contributed by atoms with Gasteiger partial charge in [-0.1, -0.05) is 49.2 Å². The third-order valence-corrected chi connectivity index (χ3v) is 10.8. The van der Waals surface area contributed by atoms with Gasteiger partial charge in [-0.3, -0.25) is 19.3 Å². The number of anilines is 1. The number of alkyl halides is 3. The van der Waals surface area contributed by atoms with Crippen molar-refractivity contribution in [3.05, 3.63) is 65.2 Å². The third-order valence-electron chi connectivity index (χ3n) is 10.8. The van der Waals surface area contributed by atoms with E-state index >= 15 is 0 Å². The Bertz CT molecular complexity index is 1560. The van der Waals surface area contributed by atoms with Crippen LogP contribution in [0.25, 0.3) is 0 Å². The Morgan fingerprint density at radius 2 is 1.52 bits per heavy atom. The summed E-state index contributed by atoms with van der Waals surface area (Å²) in [4.78, 5) is 41.6. The van der Waals surface area contributed by atoms with Gasteiger partial charge in [0.25, 0.3) is 0 Å². The van der Waals surface area contributed by atoms with E-state index in [-0.39, 0.29) is 55.3 Å². The summed E-state index contributed by atoms with van der Waals surface area (Å²) in [6.07, 6.45) is 0.898. The minimum absolute atomic E-state index is 0.0393. The maximum Gasteiger partial charge on any atom is 0.471 e. The van der Waals surface area contributed by atoms with Crippen LogP contribution >= 0.6 is 0 Å². The molecule has 284 valence electrons. The van der Waals surface area contributed by atoms with Crippen LogP contribution in [0.4, 0.5) is 18.9 Å². The fourth-order valence-corrected chi connectivity index (χ4v) is 8.39. The Balaban J connectivity index is 1.21. The van der Waals surface area contributed by atoms with Gasteiger partial charge in [-0.25, -0.2) is 0 Å². The molecule has 3 saturated heterocycles. The molecule has 0 spiro atoms. The summed E-state index contributed by atoms with van der Waals surface area (Å²) in [5.41, 5.74) is 2.42. The van der Waals surface area contributed by atoms with Crippen molar-refractivity contribution in [2.24, 2.45) is 5.92 Å². The number of aliphatic hydroxyl groups excluding tert-OH is 1. The minimum atomic E-state index is -5.05. The van der Waals surface area contributed by atoms with E-state index in [4.69, 9.17) is 9.47 Å². The van der Waals surface area contributed by atoms with Gasteiger partial charge in [0.15, 0.2) is 6.29 Å². The van der Waals surface area contributed by atoms with Crippen LogP contribution < -0.4 is 10.6 Å². The van der Waals surface area contributed by atoms with Gasteiger partial charge < -0.3 is 30.1 Å². The number of nitrogens with zero attached hydrogens (tertiary/aromatic N) is 2. The Labute approximate surface area is 303 Å². The number of hydrogen-bond acceptors (Lipinski definition) is 7. The molecular weight excluding hydrogens is 677 g/mol. The molecule has 4 fully saturated rings. The highest BCUT2D eigenvalue weighted by molar-refractivity contribution is 5.98. The molecule has 3 aliphatic heterocycles. The number of nitrogens with one attached hydrogen (secondary N) is 2. The number of piperidine rings is 1. The van der Waals surface area contributed by atoms with E-state index in [1.807, 2.05) is 45.0 Å². The van der Waals surface area contributed by atoms with Crippen molar-refractivity contribution in [2.45, 2.75) is 134 Å². The monoisotopic (exact) mass is 728 g/mol. The van der Waals surface area contributed by atoms with Gasteiger partial charge in [0.1, 0.15) is 6.04 Å². The molecular formula is C39H51F3N4O6. The molecule has 0 aromatic heterocycles. The lowest BCUT2D eigenvalue weighted by atomic mass is 9.75. The average Bonchev–Trinajstić information content (AvgIpc) is 3.61. The molecule has 6 rings (SSSR count). The Hall–Kier alpha value is -3.52. The van der Waals surface area contributed by atoms with Crippen molar-refractivity contribution >= 4 is 23.4 Å². The van der Waals surface area contributed by atoms with E-state index < -0.39 is 30.3 Å². The van der Waals surface area contributed by atoms with Gasteiger partial charge in [0, 0.05) is 42.3 Å². The minimum Gasteiger partial charge on any atom is -0.392 e. The van der Waals surface area contributed by atoms with Crippen LogP contribution in [0.5, 0.6) is 0 Å². The van der Waals surface area contributed by atoms with Crippen molar-refractivity contribution < 1.29 is 42.1 Å². The predicted octanol–water partition coefficient (Wildman–Crippen LogP) is 6.15. The molecule has 52 heavy (non-hydrogen) atoms. The summed E-state index contributed by atoms with van der Waals surface area (Å²) in [5, 5.41) is 15.5. The van der Waals surface area contributed by atoms with Gasteiger partial charge in [-0.2, -0.15) is 13.2 Å². The van der Waals surface area contributed by atoms with E-state index in [9.17, 15) is 32.7 Å². The zero-order chi connectivity index (χ0) is 37.2. The molecule has 3 N–H and O–H groups in total. The molecule has 4 aliphatic rings. The number of rotatable bonds is 8. The van der Waals surface area contributed by atoms with Crippen LogP contribution in [-0.4, -0.2) is 81.7 Å². The number of carbonyl (C=O) groups excluding carboxylic acids is 3. The quantitative estimate of drug-likeness (QED) is 0.298. The number of hydrogen-bond donors (Lipinski definition) is 3. The van der Waals surface area contributed by atoms with E-state index in [1.165, 1.54) is 6.42 Å². The van der Waals surface area contributed by atoms with Crippen LogP contribution in [-0.2, 0) is 30.5 Å². The van der Waals surface area contributed by atoms with Crippen molar-refractivity contribution in [2.75, 3.05) is 18.4 Å². The van der Waals surface area contributed by atoms with Crippen molar-refractivity contribution in [1.29, 1.82) is 0 Å². The first-order valence-corrected chi connectivity index (χ1v) is 18.6. The third kappa shape index (κ3) is 8.98. The summed E-state index contributed by atoms with van der Waals surface area (Å²) in [5.74, 6) is -2.10. The normalized spacial score (nSPS) is 28.6. The molecule has 3 heterocycles. The number of likely N-dealkylation sites (tertiary alicyclic amines) is 2. The molecule has 7 unspecified atom stereocenters. The molecule has 0 radical (unpaired) electrons.